The van der Waals surface area contributed by atoms with Crippen LogP contribution in [0.25, 0.3) is 10.9 Å². The summed E-state index contributed by atoms with van der Waals surface area (Å²) in [7, 11) is 0. The van der Waals surface area contributed by atoms with E-state index in [2.05, 4.69) is 59.5 Å². The van der Waals surface area contributed by atoms with E-state index in [0.717, 1.165) is 50.3 Å². The summed E-state index contributed by atoms with van der Waals surface area (Å²) < 4.78 is 28.1. The zero-order chi connectivity index (χ0) is 48.7. The molecule has 364 valence electrons. The molecule has 4 aliphatic rings. The maximum absolute atomic E-state index is 14.1. The molecule has 8 rings (SSSR count). The number of H-pyrrole nitrogens is 1. The number of benzene rings is 3. The Morgan fingerprint density at radius 3 is 2.12 bits per heavy atom. The quantitative estimate of drug-likeness (QED) is 0.0746. The molecule has 1 atom stereocenters. The van der Waals surface area contributed by atoms with Crippen LogP contribution in [0, 0.1) is 11.3 Å². The van der Waals surface area contributed by atoms with Crippen molar-refractivity contribution in [1.29, 1.82) is 5.26 Å². The summed E-state index contributed by atoms with van der Waals surface area (Å²) in [6.07, 6.45) is 1.20. The molecule has 4 heterocycles. The topological polar surface area (TPSA) is 222 Å². The molecule has 3 N–H and O–H groups in total. The Morgan fingerprint density at radius 1 is 0.797 bits per heavy atom. The SMILES string of the molecule is CCc1cc2c(cc1N1CCN(C(=O)CCOCCOCCOCCOCCOCCNc3cccc4c3C(=O)N(C3CCC(=O)NC3=O)C4=O)CC1)C(C)(C)c1[nH]c3cc(C#N)ccc3c1C2=O. The Hall–Kier alpha value is -6.49. The van der Waals surface area contributed by atoms with E-state index in [9.17, 15) is 34.0 Å². The van der Waals surface area contributed by atoms with Crippen LogP contribution in [-0.2, 0) is 49.9 Å². The number of amides is 5. The first kappa shape index (κ1) is 48.9. The minimum absolute atomic E-state index is 0.00109. The lowest BCUT2D eigenvalue weighted by Gasteiger charge is -2.39. The number of fused-ring (bicyclic) bond motifs is 5. The number of aromatic amines is 1. The van der Waals surface area contributed by atoms with Crippen LogP contribution in [0.2, 0.25) is 0 Å². The van der Waals surface area contributed by atoms with Gasteiger partial charge in [-0.2, -0.15) is 5.26 Å². The third kappa shape index (κ3) is 10.4. The fraction of sp³-hybridized carbons (Fsp3) is 0.471. The van der Waals surface area contributed by atoms with Crippen molar-refractivity contribution in [1.82, 2.24) is 20.1 Å². The van der Waals surface area contributed by atoms with Gasteiger partial charge >= 0.3 is 0 Å². The minimum Gasteiger partial charge on any atom is -0.382 e. The molecular weight excluding hydrogens is 887 g/mol. The van der Waals surface area contributed by atoms with E-state index >= 15 is 0 Å². The van der Waals surface area contributed by atoms with Gasteiger partial charge in [-0.25, -0.2) is 0 Å². The third-order valence-corrected chi connectivity index (χ3v) is 13.2. The number of ether oxygens (including phenoxy) is 5. The molecular formula is C51H59N7O11. The normalized spacial score (nSPS) is 17.5. The number of aromatic nitrogens is 1. The van der Waals surface area contributed by atoms with Crippen molar-refractivity contribution in [2.75, 3.05) is 109 Å². The van der Waals surface area contributed by atoms with E-state index in [0.29, 0.717) is 122 Å². The zero-order valence-electron chi connectivity index (χ0n) is 39.4. The summed E-state index contributed by atoms with van der Waals surface area (Å²) in [4.78, 5) is 86.0. The summed E-state index contributed by atoms with van der Waals surface area (Å²) in [6.45, 7) is 13.0. The Kier molecular flexibility index (Phi) is 15.5. The molecule has 2 fully saturated rings. The summed E-state index contributed by atoms with van der Waals surface area (Å²) in [5.41, 5.74) is 7.17. The summed E-state index contributed by atoms with van der Waals surface area (Å²) >= 11 is 0. The Balaban J connectivity index is 0.646. The summed E-state index contributed by atoms with van der Waals surface area (Å²) in [5, 5.41) is 15.6. The van der Waals surface area contributed by atoms with Gasteiger partial charge in [0.2, 0.25) is 17.7 Å². The molecule has 18 heteroatoms. The predicted octanol–water partition coefficient (Wildman–Crippen LogP) is 4.11. The average Bonchev–Trinajstić information content (AvgIpc) is 3.87. The standard InChI is InChI=1S/C51H59N7O11/c1-4-33-29-36-37(51(2,3)47-45(46(36)61)34-9-8-32(31-52)28-39(34)54-47)30-41(33)56-14-16-57(17-15-56)43(60)12-18-65-20-22-67-24-26-69-27-25-68-23-21-66-19-13-53-38-7-5-6-35-44(38)50(64)58(49(35)63)40-10-11-42(59)55-48(40)62/h5-9,28-30,40,53-54H,4,10-27H2,1-3H3,(H,55,59,62). The van der Waals surface area contributed by atoms with Crippen LogP contribution < -0.4 is 15.5 Å². The van der Waals surface area contributed by atoms with Crippen molar-refractivity contribution in [3.05, 3.63) is 93.2 Å². The van der Waals surface area contributed by atoms with E-state index in [1.165, 1.54) is 0 Å². The van der Waals surface area contributed by atoms with Crippen molar-refractivity contribution in [3.63, 3.8) is 0 Å². The summed E-state index contributed by atoms with van der Waals surface area (Å²) in [6, 6.07) is 15.7. The van der Waals surface area contributed by atoms with Crippen LogP contribution in [0.4, 0.5) is 11.4 Å². The number of nitrogens with one attached hydrogen (secondary N) is 3. The number of nitrogens with zero attached hydrogens (tertiary/aromatic N) is 4. The highest BCUT2D eigenvalue weighted by atomic mass is 16.6. The van der Waals surface area contributed by atoms with Gasteiger partial charge in [-0.15, -0.1) is 0 Å². The lowest BCUT2D eigenvalue weighted by atomic mass is 9.70. The fourth-order valence-electron chi connectivity index (χ4n) is 9.57. The van der Waals surface area contributed by atoms with Gasteiger partial charge in [-0.1, -0.05) is 32.9 Å². The number of carbonyl (C=O) groups is 6. The second-order valence-corrected chi connectivity index (χ2v) is 17.9. The van der Waals surface area contributed by atoms with Gasteiger partial charge in [0.05, 0.1) is 101 Å². The van der Waals surface area contributed by atoms with E-state index in [1.54, 1.807) is 30.3 Å². The zero-order valence-corrected chi connectivity index (χ0v) is 39.4. The second kappa shape index (κ2) is 21.9. The Bertz CT molecular complexity index is 2660. The number of ketones is 1. The molecule has 0 saturated carbocycles. The van der Waals surface area contributed by atoms with Crippen molar-refractivity contribution < 1.29 is 52.5 Å². The first-order valence-corrected chi connectivity index (χ1v) is 23.7. The number of nitriles is 1. The van der Waals surface area contributed by atoms with Crippen LogP contribution in [-0.4, -0.2) is 155 Å². The monoisotopic (exact) mass is 945 g/mol. The van der Waals surface area contributed by atoms with Gasteiger partial charge in [0, 0.05) is 78.1 Å². The Labute approximate surface area is 400 Å². The molecule has 69 heavy (non-hydrogen) atoms. The molecule has 1 aliphatic carbocycles. The molecule has 1 aromatic heterocycles. The molecule has 0 spiro atoms. The highest BCUT2D eigenvalue weighted by molar-refractivity contribution is 6.25. The lowest BCUT2D eigenvalue weighted by Crippen LogP contribution is -2.54. The van der Waals surface area contributed by atoms with Gasteiger partial charge in [-0.05, 0) is 60.4 Å². The van der Waals surface area contributed by atoms with Crippen LogP contribution in [0.5, 0.6) is 0 Å². The number of aryl methyl sites for hydroxylation is 1. The molecule has 5 amide bonds. The molecule has 3 aliphatic heterocycles. The lowest BCUT2D eigenvalue weighted by molar-refractivity contribution is -0.136. The highest BCUT2D eigenvalue weighted by Gasteiger charge is 2.46. The molecule has 2 saturated heterocycles. The number of anilines is 2. The second-order valence-electron chi connectivity index (χ2n) is 17.9. The van der Waals surface area contributed by atoms with Gasteiger partial charge in [0.1, 0.15) is 6.04 Å². The van der Waals surface area contributed by atoms with Gasteiger partial charge in [-0.3, -0.25) is 39.0 Å². The van der Waals surface area contributed by atoms with Gasteiger partial charge < -0.3 is 43.8 Å². The number of imide groups is 2. The molecule has 18 nitrogen and oxygen atoms in total. The average molecular weight is 946 g/mol. The van der Waals surface area contributed by atoms with Crippen molar-refractivity contribution in [2.24, 2.45) is 0 Å². The third-order valence-electron chi connectivity index (χ3n) is 13.2. The van der Waals surface area contributed by atoms with E-state index < -0.39 is 35.1 Å². The maximum atomic E-state index is 14.1. The van der Waals surface area contributed by atoms with Crippen LogP contribution in [0.15, 0.2) is 48.5 Å². The number of carbonyl (C=O) groups excluding carboxylic acids is 6. The molecule has 3 aromatic carbocycles. The number of rotatable bonds is 22. The highest BCUT2D eigenvalue weighted by Crippen LogP contribution is 2.46. The fourth-order valence-corrected chi connectivity index (χ4v) is 9.57. The first-order valence-electron chi connectivity index (χ1n) is 23.7. The van der Waals surface area contributed by atoms with Crippen LogP contribution >= 0.6 is 0 Å². The van der Waals surface area contributed by atoms with Crippen LogP contribution in [0.1, 0.15) is 99.1 Å². The van der Waals surface area contributed by atoms with Crippen molar-refractivity contribution in [2.45, 2.75) is 57.9 Å². The Morgan fingerprint density at radius 2 is 1.46 bits per heavy atom. The number of hydrogen-bond acceptors (Lipinski definition) is 14. The minimum atomic E-state index is -1.02. The van der Waals surface area contributed by atoms with E-state index in [1.807, 2.05) is 11.0 Å². The molecule has 1 unspecified atom stereocenters. The van der Waals surface area contributed by atoms with Crippen molar-refractivity contribution >= 4 is 57.6 Å². The van der Waals surface area contributed by atoms with E-state index in [-0.39, 0.29) is 35.7 Å². The predicted molar refractivity (Wildman–Crippen MR) is 254 cm³/mol. The number of piperidine rings is 1. The van der Waals surface area contributed by atoms with E-state index in [4.69, 9.17) is 23.7 Å². The largest absolute Gasteiger partial charge is 0.382 e. The van der Waals surface area contributed by atoms with Gasteiger partial charge in [0.15, 0.2) is 5.78 Å². The smallest absolute Gasteiger partial charge is 0.264 e. The molecule has 4 aromatic rings. The molecule has 0 bridgehead atoms. The number of hydrogen-bond donors (Lipinski definition) is 3. The molecule has 0 radical (unpaired) electrons. The van der Waals surface area contributed by atoms with Crippen molar-refractivity contribution in [3.8, 4) is 6.07 Å². The van der Waals surface area contributed by atoms with Crippen LogP contribution in [0.3, 0.4) is 0 Å². The summed E-state index contributed by atoms with van der Waals surface area (Å²) in [5.74, 6) is -2.15. The van der Waals surface area contributed by atoms with Gasteiger partial charge in [0.25, 0.3) is 11.8 Å². The first-order chi connectivity index (χ1) is 33.4. The number of piperazine rings is 1. The maximum Gasteiger partial charge on any atom is 0.264 e.